The van der Waals surface area contributed by atoms with E-state index in [0.717, 1.165) is 0 Å². The van der Waals surface area contributed by atoms with Crippen LogP contribution in [0.4, 0.5) is 0 Å². The quantitative estimate of drug-likeness (QED) is 0.578. The van der Waals surface area contributed by atoms with E-state index >= 15 is 0 Å². The van der Waals surface area contributed by atoms with Gasteiger partial charge in [-0.3, -0.25) is 4.79 Å². The number of rotatable bonds is 6. The molecule has 0 fully saturated rings. The first-order chi connectivity index (χ1) is 10.1. The van der Waals surface area contributed by atoms with Crippen LogP contribution in [-0.4, -0.2) is 36.9 Å². The molecule has 0 saturated carbocycles. The van der Waals surface area contributed by atoms with Gasteiger partial charge in [-0.1, -0.05) is 0 Å². The second kappa shape index (κ2) is 6.77. The molecule has 1 aromatic carbocycles. The normalized spacial score (nSPS) is 15.2. The molecule has 0 aromatic heterocycles. The number of aliphatic hydroxyl groups is 1. The minimum Gasteiger partial charge on any atom is -0.464 e. The Balaban J connectivity index is 2.28. The third kappa shape index (κ3) is 3.27. The molecular weight excluding hydrogens is 346 g/mol. The highest BCUT2D eigenvalue weighted by Crippen LogP contribution is 2.41. The number of amides is 1. The first-order valence-electron chi connectivity index (χ1n) is 6.22. The number of esters is 1. The number of benzene rings is 1. The molecule has 0 saturated heterocycles. The first-order valence-corrected chi connectivity index (χ1v) is 7.01. The molecule has 0 spiro atoms. The number of nitrogens with one attached hydrogen (secondary N) is 1. The lowest BCUT2D eigenvalue weighted by atomic mass is 10.0. The molecule has 1 aliphatic rings. The summed E-state index contributed by atoms with van der Waals surface area (Å²) in [7, 11) is 0. The van der Waals surface area contributed by atoms with Crippen molar-refractivity contribution in [3.05, 3.63) is 22.2 Å². The molecule has 0 radical (unpaired) electrons. The summed E-state index contributed by atoms with van der Waals surface area (Å²) in [5.41, 5.74) is 0.388. The maximum Gasteiger partial charge on any atom is 0.331 e. The van der Waals surface area contributed by atoms with Gasteiger partial charge in [0.15, 0.2) is 17.5 Å². The molecule has 1 heterocycles. The van der Waals surface area contributed by atoms with Gasteiger partial charge in [-0.2, -0.15) is 0 Å². The number of carbonyl (C=O) groups is 2. The molecule has 7 nitrogen and oxygen atoms in total. The summed E-state index contributed by atoms with van der Waals surface area (Å²) >= 11 is 3.30. The van der Waals surface area contributed by atoms with Crippen LogP contribution in [0.25, 0.3) is 0 Å². The Hall–Kier alpha value is -1.80. The Bertz CT molecular complexity index is 550. The van der Waals surface area contributed by atoms with Crippen LogP contribution in [0.2, 0.25) is 0 Å². The molecule has 2 N–H and O–H groups in total. The topological polar surface area (TPSA) is 94.1 Å². The highest BCUT2D eigenvalue weighted by molar-refractivity contribution is 9.10. The maximum atomic E-state index is 11.8. The Morgan fingerprint density at radius 2 is 2.33 bits per heavy atom. The SMILES string of the molecule is CCOC(=O)C(NC=O)C(O)c1cc(Br)c2c(c1)OCO2. The van der Waals surface area contributed by atoms with E-state index in [-0.39, 0.29) is 13.4 Å². The van der Waals surface area contributed by atoms with Crippen LogP contribution in [0.15, 0.2) is 16.6 Å². The molecule has 2 rings (SSSR count). The largest absolute Gasteiger partial charge is 0.464 e. The van der Waals surface area contributed by atoms with Crippen molar-refractivity contribution in [1.82, 2.24) is 5.32 Å². The van der Waals surface area contributed by atoms with Crippen molar-refractivity contribution in [3.63, 3.8) is 0 Å². The second-order valence-corrected chi connectivity index (χ2v) is 5.05. The number of hydrogen-bond donors (Lipinski definition) is 2. The molecule has 0 bridgehead atoms. The zero-order valence-electron chi connectivity index (χ0n) is 11.2. The van der Waals surface area contributed by atoms with Gasteiger partial charge in [0, 0.05) is 0 Å². The lowest BCUT2D eigenvalue weighted by Crippen LogP contribution is -2.42. The van der Waals surface area contributed by atoms with E-state index in [4.69, 9.17) is 14.2 Å². The molecular formula is C13H14BrNO6. The second-order valence-electron chi connectivity index (χ2n) is 4.20. The molecule has 114 valence electrons. The van der Waals surface area contributed by atoms with Gasteiger partial charge in [-0.15, -0.1) is 0 Å². The zero-order valence-corrected chi connectivity index (χ0v) is 12.8. The van der Waals surface area contributed by atoms with Crippen LogP contribution in [0.5, 0.6) is 11.5 Å². The van der Waals surface area contributed by atoms with E-state index in [1.807, 2.05) is 0 Å². The summed E-state index contributed by atoms with van der Waals surface area (Å²) in [6, 6.07) is 1.95. The first kappa shape index (κ1) is 15.6. The predicted molar refractivity (Wildman–Crippen MR) is 74.8 cm³/mol. The molecule has 1 amide bonds. The van der Waals surface area contributed by atoms with Crippen molar-refractivity contribution in [3.8, 4) is 11.5 Å². The highest BCUT2D eigenvalue weighted by Gasteiger charge is 2.31. The number of halogens is 1. The van der Waals surface area contributed by atoms with Crippen molar-refractivity contribution >= 4 is 28.3 Å². The van der Waals surface area contributed by atoms with Crippen LogP contribution in [0.1, 0.15) is 18.6 Å². The molecule has 2 atom stereocenters. The lowest BCUT2D eigenvalue weighted by molar-refractivity contribution is -0.149. The molecule has 1 aromatic rings. The van der Waals surface area contributed by atoms with Gasteiger partial charge < -0.3 is 24.6 Å². The van der Waals surface area contributed by atoms with Gasteiger partial charge in [-0.25, -0.2) is 4.79 Å². The molecule has 1 aliphatic heterocycles. The van der Waals surface area contributed by atoms with Gasteiger partial charge in [0.25, 0.3) is 0 Å². The predicted octanol–water partition coefficient (Wildman–Crippen LogP) is 0.889. The van der Waals surface area contributed by atoms with Gasteiger partial charge in [0.2, 0.25) is 13.2 Å². The summed E-state index contributed by atoms with van der Waals surface area (Å²) in [5.74, 6) is 0.264. The molecule has 21 heavy (non-hydrogen) atoms. The summed E-state index contributed by atoms with van der Waals surface area (Å²) in [5, 5.41) is 12.6. The van der Waals surface area contributed by atoms with Crippen molar-refractivity contribution in [1.29, 1.82) is 0 Å². The Morgan fingerprint density at radius 3 is 3.00 bits per heavy atom. The molecule has 0 aliphatic carbocycles. The third-order valence-electron chi connectivity index (χ3n) is 2.89. The fourth-order valence-corrected chi connectivity index (χ4v) is 2.52. The average Bonchev–Trinajstić information content (AvgIpc) is 2.93. The third-order valence-corrected chi connectivity index (χ3v) is 3.48. The van der Waals surface area contributed by atoms with E-state index in [1.165, 1.54) is 0 Å². The summed E-state index contributed by atoms with van der Waals surface area (Å²) in [6.45, 7) is 1.87. The highest BCUT2D eigenvalue weighted by atomic mass is 79.9. The monoisotopic (exact) mass is 359 g/mol. The van der Waals surface area contributed by atoms with Crippen LogP contribution >= 0.6 is 15.9 Å². The van der Waals surface area contributed by atoms with E-state index in [2.05, 4.69) is 21.2 Å². The summed E-state index contributed by atoms with van der Waals surface area (Å²) in [4.78, 5) is 22.4. The van der Waals surface area contributed by atoms with Gasteiger partial charge in [0.1, 0.15) is 6.10 Å². The number of aliphatic hydroxyl groups excluding tert-OH is 1. The minimum absolute atomic E-state index is 0.0847. The molecule has 8 heteroatoms. The fourth-order valence-electron chi connectivity index (χ4n) is 1.94. The van der Waals surface area contributed by atoms with Crippen LogP contribution < -0.4 is 14.8 Å². The van der Waals surface area contributed by atoms with Crippen molar-refractivity contribution in [2.75, 3.05) is 13.4 Å². The van der Waals surface area contributed by atoms with Crippen LogP contribution in [-0.2, 0) is 14.3 Å². The summed E-state index contributed by atoms with van der Waals surface area (Å²) in [6.07, 6.45) is -0.938. The summed E-state index contributed by atoms with van der Waals surface area (Å²) < 4.78 is 15.9. The van der Waals surface area contributed by atoms with Gasteiger partial charge >= 0.3 is 5.97 Å². The Labute approximate surface area is 129 Å². The smallest absolute Gasteiger partial charge is 0.331 e. The fraction of sp³-hybridized carbons (Fsp3) is 0.385. The van der Waals surface area contributed by atoms with Gasteiger partial charge in [-0.05, 0) is 40.5 Å². The van der Waals surface area contributed by atoms with Crippen LogP contribution in [0, 0.1) is 0 Å². The van der Waals surface area contributed by atoms with Crippen molar-refractivity contribution in [2.24, 2.45) is 0 Å². The number of fused-ring (bicyclic) bond motifs is 1. The Kier molecular flexibility index (Phi) is 5.03. The van der Waals surface area contributed by atoms with E-state index < -0.39 is 18.1 Å². The number of hydrogen-bond acceptors (Lipinski definition) is 6. The number of carbonyl (C=O) groups excluding carboxylic acids is 2. The van der Waals surface area contributed by atoms with Gasteiger partial charge in [0.05, 0.1) is 11.1 Å². The lowest BCUT2D eigenvalue weighted by Gasteiger charge is -2.21. The zero-order chi connectivity index (χ0) is 15.4. The average molecular weight is 360 g/mol. The number of ether oxygens (including phenoxy) is 3. The van der Waals surface area contributed by atoms with Crippen molar-refractivity contribution < 1.29 is 28.9 Å². The van der Waals surface area contributed by atoms with E-state index in [1.54, 1.807) is 19.1 Å². The van der Waals surface area contributed by atoms with E-state index in [9.17, 15) is 14.7 Å². The minimum atomic E-state index is -1.28. The Morgan fingerprint density at radius 1 is 1.57 bits per heavy atom. The standard InChI is InChI=1S/C13H14BrNO6/c1-2-19-13(18)10(15-5-16)11(17)7-3-8(14)12-9(4-7)20-6-21-12/h3-5,10-11,17H,2,6H2,1H3,(H,15,16). The van der Waals surface area contributed by atoms with Crippen molar-refractivity contribution in [2.45, 2.75) is 19.1 Å². The maximum absolute atomic E-state index is 11.8. The molecule has 2 unspecified atom stereocenters. The van der Waals surface area contributed by atoms with Crippen LogP contribution in [0.3, 0.4) is 0 Å². The van der Waals surface area contributed by atoms with E-state index in [0.29, 0.717) is 27.9 Å².